The summed E-state index contributed by atoms with van der Waals surface area (Å²) in [7, 11) is 3.79. The van der Waals surface area contributed by atoms with E-state index in [2.05, 4.69) is 34.5 Å². The molecule has 0 bridgehead atoms. The summed E-state index contributed by atoms with van der Waals surface area (Å²) >= 11 is 0. The lowest BCUT2D eigenvalue weighted by molar-refractivity contribution is 0.152. The van der Waals surface area contributed by atoms with Gasteiger partial charge in [0.25, 0.3) is 0 Å². The van der Waals surface area contributed by atoms with Gasteiger partial charge in [0, 0.05) is 39.9 Å². The van der Waals surface area contributed by atoms with Crippen molar-refractivity contribution in [2.45, 2.75) is 13.8 Å². The molecule has 122 valence electrons. The highest BCUT2D eigenvalue weighted by Gasteiger charge is 1.99. The van der Waals surface area contributed by atoms with E-state index < -0.39 is 0 Å². The van der Waals surface area contributed by atoms with E-state index in [0.29, 0.717) is 6.61 Å². The Balaban J connectivity index is 0. The van der Waals surface area contributed by atoms with Gasteiger partial charge in [-0.15, -0.1) is 24.0 Å². The number of guanidine groups is 1. The monoisotopic (exact) mass is 402 g/mol. The smallest absolute Gasteiger partial charge is 0.191 e. The van der Waals surface area contributed by atoms with Gasteiger partial charge < -0.3 is 25.0 Å². The molecule has 0 atom stereocenters. The van der Waals surface area contributed by atoms with Crippen molar-refractivity contribution < 1.29 is 9.47 Å². The van der Waals surface area contributed by atoms with Crippen LogP contribution in [0.3, 0.4) is 0 Å². The molecule has 0 aliphatic rings. The van der Waals surface area contributed by atoms with Crippen molar-refractivity contribution in [1.29, 1.82) is 0 Å². The van der Waals surface area contributed by atoms with Gasteiger partial charge in [0.2, 0.25) is 0 Å². The molecular weight excluding hydrogens is 371 g/mol. The van der Waals surface area contributed by atoms with Crippen LogP contribution in [0.25, 0.3) is 0 Å². The average molecular weight is 402 g/mol. The van der Waals surface area contributed by atoms with Crippen LogP contribution in [0, 0.1) is 0 Å². The number of methoxy groups -OCH3 is 1. The Kier molecular flexibility index (Phi) is 18.8. The summed E-state index contributed by atoms with van der Waals surface area (Å²) in [5.74, 6) is 0.849. The molecule has 6 nitrogen and oxygen atoms in total. The largest absolute Gasteiger partial charge is 0.383 e. The number of hydrogen-bond acceptors (Lipinski definition) is 4. The minimum absolute atomic E-state index is 0. The molecular formula is C13H31IN4O2. The first kappa shape index (κ1) is 22.2. The normalized spacial score (nSPS) is 11.3. The summed E-state index contributed by atoms with van der Waals surface area (Å²) in [6, 6.07) is 0. The third-order valence-electron chi connectivity index (χ3n) is 2.52. The second-order valence-corrected chi connectivity index (χ2v) is 4.18. The first-order chi connectivity index (χ1) is 9.24. The van der Waals surface area contributed by atoms with Gasteiger partial charge in [0.1, 0.15) is 0 Å². The molecule has 0 aromatic carbocycles. The second-order valence-electron chi connectivity index (χ2n) is 4.18. The summed E-state index contributed by atoms with van der Waals surface area (Å²) in [6.07, 6.45) is 0. The molecule has 0 aromatic rings. The maximum atomic E-state index is 5.28. The van der Waals surface area contributed by atoms with Crippen molar-refractivity contribution in [3.05, 3.63) is 0 Å². The molecule has 0 aliphatic carbocycles. The van der Waals surface area contributed by atoms with E-state index in [0.717, 1.165) is 51.9 Å². The van der Waals surface area contributed by atoms with Crippen molar-refractivity contribution in [1.82, 2.24) is 15.5 Å². The van der Waals surface area contributed by atoms with E-state index >= 15 is 0 Å². The predicted molar refractivity (Wildman–Crippen MR) is 95.3 cm³/mol. The maximum absolute atomic E-state index is 5.28. The Labute approximate surface area is 140 Å². The molecule has 0 radical (unpaired) electrons. The number of halogens is 1. The van der Waals surface area contributed by atoms with E-state index in [1.807, 2.05) is 6.92 Å². The third-order valence-corrected chi connectivity index (χ3v) is 2.52. The number of hydrogen-bond donors (Lipinski definition) is 2. The fraction of sp³-hybridized carbons (Fsp3) is 0.923. The van der Waals surface area contributed by atoms with Crippen LogP contribution in [-0.2, 0) is 9.47 Å². The highest BCUT2D eigenvalue weighted by molar-refractivity contribution is 14.0. The number of rotatable bonds is 11. The van der Waals surface area contributed by atoms with Crippen LogP contribution in [0.4, 0.5) is 0 Å². The quantitative estimate of drug-likeness (QED) is 0.232. The minimum atomic E-state index is 0. The van der Waals surface area contributed by atoms with E-state index in [4.69, 9.17) is 9.47 Å². The lowest BCUT2D eigenvalue weighted by Gasteiger charge is -2.15. The lowest BCUT2D eigenvalue weighted by atomic mass is 10.5. The zero-order valence-electron chi connectivity index (χ0n) is 13.3. The van der Waals surface area contributed by atoms with Gasteiger partial charge in [-0.2, -0.15) is 0 Å². The van der Waals surface area contributed by atoms with Gasteiger partial charge in [-0.1, -0.05) is 0 Å². The SMILES string of the molecule is CCNC(=NCCN(C)CCOC)NCCOCC.I. The van der Waals surface area contributed by atoms with Gasteiger partial charge in [-0.05, 0) is 20.9 Å². The Morgan fingerprint density at radius 3 is 2.50 bits per heavy atom. The van der Waals surface area contributed by atoms with Crippen LogP contribution < -0.4 is 10.6 Å². The van der Waals surface area contributed by atoms with Crippen LogP contribution in [0.2, 0.25) is 0 Å². The maximum Gasteiger partial charge on any atom is 0.191 e. The molecule has 0 saturated carbocycles. The highest BCUT2D eigenvalue weighted by Crippen LogP contribution is 1.84. The molecule has 0 aromatic heterocycles. The van der Waals surface area contributed by atoms with Crippen molar-refractivity contribution in [2.24, 2.45) is 4.99 Å². The van der Waals surface area contributed by atoms with Crippen molar-refractivity contribution in [3.8, 4) is 0 Å². The zero-order valence-corrected chi connectivity index (χ0v) is 15.6. The van der Waals surface area contributed by atoms with Crippen LogP contribution >= 0.6 is 24.0 Å². The van der Waals surface area contributed by atoms with E-state index in [9.17, 15) is 0 Å². The first-order valence-electron chi connectivity index (χ1n) is 7.02. The first-order valence-corrected chi connectivity index (χ1v) is 7.02. The molecule has 20 heavy (non-hydrogen) atoms. The van der Waals surface area contributed by atoms with Gasteiger partial charge in [-0.25, -0.2) is 0 Å². The molecule has 0 saturated heterocycles. The summed E-state index contributed by atoms with van der Waals surface area (Å²) in [6.45, 7) is 10.5. The van der Waals surface area contributed by atoms with Crippen LogP contribution in [0.5, 0.6) is 0 Å². The fourth-order valence-corrected chi connectivity index (χ4v) is 1.42. The van der Waals surface area contributed by atoms with Gasteiger partial charge in [-0.3, -0.25) is 4.99 Å². The Bertz CT molecular complexity index is 230. The Morgan fingerprint density at radius 1 is 1.15 bits per heavy atom. The fourth-order valence-electron chi connectivity index (χ4n) is 1.42. The lowest BCUT2D eigenvalue weighted by Crippen LogP contribution is -2.39. The molecule has 0 rings (SSSR count). The van der Waals surface area contributed by atoms with Crippen LogP contribution in [-0.4, -0.2) is 77.6 Å². The molecule has 7 heteroatoms. The Hall–Kier alpha value is -0.120. The second kappa shape index (κ2) is 16.9. The standard InChI is InChI=1S/C13H30N4O2.HI/c1-5-14-13(16-8-11-19-6-2)15-7-9-17(3)10-12-18-4;/h5-12H2,1-4H3,(H2,14,15,16);1H. The molecule has 0 heterocycles. The topological polar surface area (TPSA) is 58.1 Å². The van der Waals surface area contributed by atoms with Crippen molar-refractivity contribution >= 4 is 29.9 Å². The number of aliphatic imine (C=N–C) groups is 1. The molecule has 0 fully saturated rings. The summed E-state index contributed by atoms with van der Waals surface area (Å²) in [5.41, 5.74) is 0. The van der Waals surface area contributed by atoms with Crippen LogP contribution in [0.15, 0.2) is 4.99 Å². The summed E-state index contributed by atoms with van der Waals surface area (Å²) in [5, 5.41) is 6.46. The molecule has 0 aliphatic heterocycles. The number of likely N-dealkylation sites (N-methyl/N-ethyl adjacent to an activating group) is 1. The van der Waals surface area contributed by atoms with E-state index in [1.165, 1.54) is 0 Å². The predicted octanol–water partition coefficient (Wildman–Crippen LogP) is 0.774. The highest BCUT2D eigenvalue weighted by atomic mass is 127. The van der Waals surface area contributed by atoms with E-state index in [1.54, 1.807) is 7.11 Å². The van der Waals surface area contributed by atoms with Gasteiger partial charge in [0.15, 0.2) is 5.96 Å². The number of nitrogens with zero attached hydrogens (tertiary/aromatic N) is 2. The summed E-state index contributed by atoms with van der Waals surface area (Å²) in [4.78, 5) is 6.72. The van der Waals surface area contributed by atoms with Crippen molar-refractivity contribution in [3.63, 3.8) is 0 Å². The molecule has 2 N–H and O–H groups in total. The molecule has 0 unspecified atom stereocenters. The van der Waals surface area contributed by atoms with Crippen molar-refractivity contribution in [2.75, 3.05) is 66.7 Å². The number of ether oxygens (including phenoxy) is 2. The zero-order chi connectivity index (χ0) is 14.3. The Morgan fingerprint density at radius 2 is 1.90 bits per heavy atom. The third kappa shape index (κ3) is 14.3. The van der Waals surface area contributed by atoms with Gasteiger partial charge in [0.05, 0.1) is 19.8 Å². The molecule has 0 spiro atoms. The van der Waals surface area contributed by atoms with Gasteiger partial charge >= 0.3 is 0 Å². The average Bonchev–Trinajstić information content (AvgIpc) is 2.41. The minimum Gasteiger partial charge on any atom is -0.383 e. The molecule has 0 amide bonds. The van der Waals surface area contributed by atoms with E-state index in [-0.39, 0.29) is 24.0 Å². The van der Waals surface area contributed by atoms with Crippen LogP contribution in [0.1, 0.15) is 13.8 Å². The summed E-state index contributed by atoms with van der Waals surface area (Å²) < 4.78 is 10.3. The number of nitrogens with one attached hydrogen (secondary N) is 2.